The van der Waals surface area contributed by atoms with Crippen LogP contribution in [0.3, 0.4) is 0 Å². The molecular weight excluding hydrogens is 184 g/mol. The Kier molecular flexibility index (Phi) is 93.7. The number of rotatable bonds is 0. The summed E-state index contributed by atoms with van der Waals surface area (Å²) in [6, 6.07) is 0. The molecule has 0 heterocycles. The summed E-state index contributed by atoms with van der Waals surface area (Å²) in [5.74, 6) is 0. The molecule has 4 heavy (non-hydrogen) atoms. The average molecular weight is 184 g/mol. The maximum atomic E-state index is 0. The van der Waals surface area contributed by atoms with Crippen LogP contribution in [0.5, 0.6) is 0 Å². The number of hydrogen-bond acceptors (Lipinski definition) is 0. The van der Waals surface area contributed by atoms with E-state index in [4.69, 9.17) is 0 Å². The van der Waals surface area contributed by atoms with E-state index in [1.165, 1.54) is 0 Å². The molecular formula is Ca3Cu+8. The molecule has 0 nitrogen and oxygen atoms in total. The zero-order valence-corrected chi connectivity index (χ0v) is 9.99. The standard InChI is InChI=1S/3Ca.Cu/q4*+2. The normalized spacial score (nSPS) is 0. The van der Waals surface area contributed by atoms with Gasteiger partial charge < -0.3 is 0 Å². The zero-order valence-electron chi connectivity index (χ0n) is 2.42. The molecule has 0 saturated carbocycles. The minimum Gasteiger partial charge on any atom is 2.00 e. The third-order valence-electron chi connectivity index (χ3n) is 0. The molecule has 1 radical (unpaired) electrons. The van der Waals surface area contributed by atoms with Crippen molar-refractivity contribution >= 4 is 113 Å². The van der Waals surface area contributed by atoms with Crippen molar-refractivity contribution in [3.63, 3.8) is 0 Å². The van der Waals surface area contributed by atoms with Crippen LogP contribution in [0.2, 0.25) is 0 Å². The van der Waals surface area contributed by atoms with E-state index < -0.39 is 0 Å². The third-order valence-corrected chi connectivity index (χ3v) is 0. The van der Waals surface area contributed by atoms with Gasteiger partial charge in [-0.1, -0.05) is 0 Å². The summed E-state index contributed by atoms with van der Waals surface area (Å²) in [7, 11) is 0. The van der Waals surface area contributed by atoms with Crippen LogP contribution in [0.15, 0.2) is 0 Å². The molecule has 0 N–H and O–H groups in total. The molecule has 0 aliphatic rings. The van der Waals surface area contributed by atoms with Crippen LogP contribution in [0.25, 0.3) is 0 Å². The van der Waals surface area contributed by atoms with E-state index in [-0.39, 0.29) is 130 Å². The van der Waals surface area contributed by atoms with E-state index in [0.29, 0.717) is 0 Å². The first kappa shape index (κ1) is 23.9. The van der Waals surface area contributed by atoms with Crippen LogP contribution >= 0.6 is 0 Å². The van der Waals surface area contributed by atoms with Gasteiger partial charge in [0.1, 0.15) is 0 Å². The maximum absolute atomic E-state index is 0. The molecule has 0 atom stereocenters. The first-order valence-electron chi connectivity index (χ1n) is 0. The van der Waals surface area contributed by atoms with Crippen LogP contribution in [-0.2, 0) is 17.1 Å². The van der Waals surface area contributed by atoms with Gasteiger partial charge in [-0.05, 0) is 0 Å². The summed E-state index contributed by atoms with van der Waals surface area (Å²) in [6.07, 6.45) is 0. The average Bonchev–Trinajstić information content (AvgIpc) is 0. The van der Waals surface area contributed by atoms with E-state index in [2.05, 4.69) is 0 Å². The van der Waals surface area contributed by atoms with Crippen LogP contribution in [0, 0.1) is 0 Å². The summed E-state index contributed by atoms with van der Waals surface area (Å²) in [6.45, 7) is 0. The topological polar surface area (TPSA) is 0 Å². The second-order valence-electron chi connectivity index (χ2n) is 0. The van der Waals surface area contributed by atoms with Crippen LogP contribution in [0.4, 0.5) is 0 Å². The number of hydrogen-bond donors (Lipinski definition) is 0. The molecule has 0 aliphatic carbocycles. The molecule has 9 valence electrons. The Hall–Kier alpha value is 4.30. The Bertz CT molecular complexity index is 3.25. The minimum atomic E-state index is 0. The molecule has 0 amide bonds. The van der Waals surface area contributed by atoms with Gasteiger partial charge in [0, 0.05) is 0 Å². The molecule has 0 rings (SSSR count). The fourth-order valence-corrected chi connectivity index (χ4v) is 0. The molecule has 0 spiro atoms. The van der Waals surface area contributed by atoms with Crippen molar-refractivity contribution in [1.29, 1.82) is 0 Å². The third kappa shape index (κ3) is 9.57. The first-order valence-corrected chi connectivity index (χ1v) is 0. The molecule has 0 unspecified atom stereocenters. The SMILES string of the molecule is [Ca+2].[Ca+2].[Ca+2].[Cu+2]. The zero-order chi connectivity index (χ0) is 0. The van der Waals surface area contributed by atoms with Gasteiger partial charge in [0.15, 0.2) is 0 Å². The summed E-state index contributed by atoms with van der Waals surface area (Å²) in [4.78, 5) is 0. The molecule has 0 aromatic heterocycles. The van der Waals surface area contributed by atoms with Crippen LogP contribution < -0.4 is 0 Å². The van der Waals surface area contributed by atoms with Crippen molar-refractivity contribution in [3.8, 4) is 0 Å². The second-order valence-corrected chi connectivity index (χ2v) is 0. The molecule has 0 bridgehead atoms. The van der Waals surface area contributed by atoms with E-state index in [1.54, 1.807) is 0 Å². The van der Waals surface area contributed by atoms with Crippen molar-refractivity contribution in [1.82, 2.24) is 0 Å². The van der Waals surface area contributed by atoms with Crippen molar-refractivity contribution in [3.05, 3.63) is 0 Å². The maximum Gasteiger partial charge on any atom is 2.00 e. The summed E-state index contributed by atoms with van der Waals surface area (Å²) < 4.78 is 0. The Labute approximate surface area is 126 Å². The van der Waals surface area contributed by atoms with Crippen molar-refractivity contribution in [2.24, 2.45) is 0 Å². The molecule has 4 heteroatoms. The quantitative estimate of drug-likeness (QED) is 0.417. The van der Waals surface area contributed by atoms with Crippen LogP contribution in [-0.4, -0.2) is 113 Å². The molecule has 0 fully saturated rings. The van der Waals surface area contributed by atoms with E-state index in [1.807, 2.05) is 0 Å². The Morgan fingerprint density at radius 3 is 0.500 bits per heavy atom. The summed E-state index contributed by atoms with van der Waals surface area (Å²) >= 11 is 0. The smallest absolute Gasteiger partial charge is 2.00 e. The van der Waals surface area contributed by atoms with Gasteiger partial charge in [0.25, 0.3) is 0 Å². The fraction of sp³-hybridized carbons (Fsp3) is 0. The first-order chi connectivity index (χ1) is 0. The van der Waals surface area contributed by atoms with E-state index in [9.17, 15) is 0 Å². The van der Waals surface area contributed by atoms with Gasteiger partial charge in [-0.15, -0.1) is 0 Å². The molecule has 0 aromatic carbocycles. The van der Waals surface area contributed by atoms with E-state index in [0.717, 1.165) is 0 Å². The summed E-state index contributed by atoms with van der Waals surface area (Å²) in [5.41, 5.74) is 0. The summed E-state index contributed by atoms with van der Waals surface area (Å²) in [5, 5.41) is 0. The fourth-order valence-electron chi connectivity index (χ4n) is 0. The Morgan fingerprint density at radius 1 is 0.500 bits per heavy atom. The predicted octanol–water partition coefficient (Wildman–Crippen LogP) is -1.14. The second kappa shape index (κ2) is 15.7. The van der Waals surface area contributed by atoms with Gasteiger partial charge in [0.2, 0.25) is 0 Å². The van der Waals surface area contributed by atoms with E-state index >= 15 is 0 Å². The van der Waals surface area contributed by atoms with Crippen molar-refractivity contribution in [2.45, 2.75) is 0 Å². The van der Waals surface area contributed by atoms with Gasteiger partial charge in [0.05, 0.1) is 0 Å². The minimum absolute atomic E-state index is 0. The molecule has 0 saturated heterocycles. The molecule has 0 aromatic rings. The van der Waals surface area contributed by atoms with Crippen LogP contribution in [0.1, 0.15) is 0 Å². The van der Waals surface area contributed by atoms with Gasteiger partial charge >= 0.3 is 130 Å². The van der Waals surface area contributed by atoms with Gasteiger partial charge in [-0.3, -0.25) is 0 Å². The van der Waals surface area contributed by atoms with Gasteiger partial charge in [-0.25, -0.2) is 0 Å². The molecule has 0 aliphatic heterocycles. The Balaban J connectivity index is 0. The van der Waals surface area contributed by atoms with Crippen molar-refractivity contribution < 1.29 is 17.1 Å². The predicted molar refractivity (Wildman–Crippen MR) is 17.3 cm³/mol. The largest absolute Gasteiger partial charge is 2.00 e. The Morgan fingerprint density at radius 2 is 0.500 bits per heavy atom. The van der Waals surface area contributed by atoms with Crippen molar-refractivity contribution in [2.75, 3.05) is 0 Å². The van der Waals surface area contributed by atoms with Gasteiger partial charge in [-0.2, -0.15) is 0 Å². The monoisotopic (exact) mass is 183 g/mol.